The van der Waals surface area contributed by atoms with Crippen molar-refractivity contribution in [1.82, 2.24) is 9.80 Å². The Morgan fingerprint density at radius 1 is 1.17 bits per heavy atom. The fraction of sp³-hybridized carbons (Fsp3) is 0.278. The standard InChI is InChI=1S/C18H16N2O5S4/c1-24-12-4-2-11(3-5-12)8-13-16(23)20(18(27)29-13)9-15(22)25-7-6-19-14(21)10-28-17(19)26/h2-5,8H,6-7,9-10H2,1H3/b13-8+. The second-order valence-corrected chi connectivity index (χ2v) is 9.15. The van der Waals surface area contributed by atoms with Gasteiger partial charge in [-0.2, -0.15) is 0 Å². The molecular weight excluding hydrogens is 452 g/mol. The van der Waals surface area contributed by atoms with E-state index in [0.717, 1.165) is 17.3 Å². The molecule has 3 rings (SSSR count). The number of methoxy groups -OCH3 is 1. The van der Waals surface area contributed by atoms with E-state index < -0.39 is 5.97 Å². The largest absolute Gasteiger partial charge is 0.497 e. The van der Waals surface area contributed by atoms with E-state index in [1.165, 1.54) is 21.6 Å². The van der Waals surface area contributed by atoms with Crippen molar-refractivity contribution in [2.45, 2.75) is 0 Å². The highest BCUT2D eigenvalue weighted by atomic mass is 32.2. The van der Waals surface area contributed by atoms with Crippen LogP contribution in [0.5, 0.6) is 5.75 Å². The molecule has 152 valence electrons. The molecule has 0 aromatic heterocycles. The van der Waals surface area contributed by atoms with E-state index in [0.29, 0.717) is 25.0 Å². The molecule has 1 aromatic carbocycles. The van der Waals surface area contributed by atoms with Crippen molar-refractivity contribution in [3.05, 3.63) is 34.7 Å². The van der Waals surface area contributed by atoms with Gasteiger partial charge in [0.2, 0.25) is 5.91 Å². The van der Waals surface area contributed by atoms with E-state index in [9.17, 15) is 14.4 Å². The zero-order chi connectivity index (χ0) is 21.0. The van der Waals surface area contributed by atoms with Crippen LogP contribution in [0.4, 0.5) is 0 Å². The average Bonchev–Trinajstić information content (AvgIpc) is 3.16. The molecule has 0 radical (unpaired) electrons. The number of carbonyl (C=O) groups excluding carboxylic acids is 3. The number of carbonyl (C=O) groups is 3. The normalized spacial score (nSPS) is 18.2. The van der Waals surface area contributed by atoms with Crippen LogP contribution in [0.25, 0.3) is 6.08 Å². The minimum Gasteiger partial charge on any atom is -0.497 e. The summed E-state index contributed by atoms with van der Waals surface area (Å²) in [5, 5.41) is 0. The van der Waals surface area contributed by atoms with E-state index in [1.54, 1.807) is 25.3 Å². The molecule has 2 fully saturated rings. The van der Waals surface area contributed by atoms with Gasteiger partial charge in [-0.05, 0) is 23.8 Å². The Labute approximate surface area is 186 Å². The van der Waals surface area contributed by atoms with Crippen LogP contribution in [0.1, 0.15) is 5.56 Å². The van der Waals surface area contributed by atoms with Gasteiger partial charge in [-0.1, -0.05) is 60.1 Å². The van der Waals surface area contributed by atoms with Gasteiger partial charge in [0, 0.05) is 0 Å². The summed E-state index contributed by atoms with van der Waals surface area (Å²) in [6, 6.07) is 7.22. The number of hydrogen-bond donors (Lipinski definition) is 0. The number of esters is 1. The van der Waals surface area contributed by atoms with E-state index >= 15 is 0 Å². The summed E-state index contributed by atoms with van der Waals surface area (Å²) < 4.78 is 11.0. The molecule has 0 bridgehead atoms. The summed E-state index contributed by atoms with van der Waals surface area (Å²) in [6.45, 7) is -0.0777. The van der Waals surface area contributed by atoms with Crippen LogP contribution in [0.15, 0.2) is 29.2 Å². The number of benzene rings is 1. The van der Waals surface area contributed by atoms with Crippen LogP contribution in [0, 0.1) is 0 Å². The van der Waals surface area contributed by atoms with E-state index in [2.05, 4.69) is 0 Å². The molecule has 1 aromatic rings. The van der Waals surface area contributed by atoms with Gasteiger partial charge in [0.05, 0.1) is 24.3 Å². The van der Waals surface area contributed by atoms with Gasteiger partial charge < -0.3 is 9.47 Å². The first-order valence-corrected chi connectivity index (χ1v) is 11.0. The molecule has 2 heterocycles. The predicted molar refractivity (Wildman–Crippen MR) is 121 cm³/mol. The summed E-state index contributed by atoms with van der Waals surface area (Å²) in [7, 11) is 1.58. The maximum atomic E-state index is 12.6. The summed E-state index contributed by atoms with van der Waals surface area (Å²) in [5.41, 5.74) is 0.818. The van der Waals surface area contributed by atoms with Gasteiger partial charge in [0.25, 0.3) is 5.91 Å². The molecule has 2 amide bonds. The Morgan fingerprint density at radius 2 is 1.90 bits per heavy atom. The molecule has 0 aliphatic carbocycles. The van der Waals surface area contributed by atoms with E-state index in [1.807, 2.05) is 12.1 Å². The highest BCUT2D eigenvalue weighted by Gasteiger charge is 2.34. The van der Waals surface area contributed by atoms with Crippen LogP contribution in [-0.4, -0.2) is 68.8 Å². The molecule has 0 unspecified atom stereocenters. The summed E-state index contributed by atoms with van der Waals surface area (Å²) >= 11 is 12.7. The second kappa shape index (κ2) is 9.70. The van der Waals surface area contributed by atoms with Crippen molar-refractivity contribution >= 4 is 80.5 Å². The van der Waals surface area contributed by atoms with Crippen molar-refractivity contribution in [1.29, 1.82) is 0 Å². The van der Waals surface area contributed by atoms with Crippen LogP contribution in [-0.2, 0) is 19.1 Å². The van der Waals surface area contributed by atoms with Gasteiger partial charge >= 0.3 is 5.97 Å². The lowest BCUT2D eigenvalue weighted by Crippen LogP contribution is -2.36. The van der Waals surface area contributed by atoms with Crippen LogP contribution >= 0.6 is 48.0 Å². The fourth-order valence-corrected chi connectivity index (χ4v) is 4.89. The molecule has 0 spiro atoms. The third-order valence-corrected chi connectivity index (χ3v) is 6.80. The molecule has 0 atom stereocenters. The molecule has 0 saturated carbocycles. The number of amides is 2. The number of hydrogen-bond acceptors (Lipinski definition) is 9. The Morgan fingerprint density at radius 3 is 2.52 bits per heavy atom. The predicted octanol–water partition coefficient (Wildman–Crippen LogP) is 2.30. The monoisotopic (exact) mass is 468 g/mol. The van der Waals surface area contributed by atoms with E-state index in [4.69, 9.17) is 33.9 Å². The van der Waals surface area contributed by atoms with Gasteiger partial charge in [-0.3, -0.25) is 24.2 Å². The highest BCUT2D eigenvalue weighted by molar-refractivity contribution is 8.26. The van der Waals surface area contributed by atoms with Crippen LogP contribution in [0.3, 0.4) is 0 Å². The first kappa shape index (κ1) is 21.8. The van der Waals surface area contributed by atoms with Crippen molar-refractivity contribution < 1.29 is 23.9 Å². The van der Waals surface area contributed by atoms with E-state index in [-0.39, 0.29) is 31.5 Å². The molecular formula is C18H16N2O5S4. The highest BCUT2D eigenvalue weighted by Crippen LogP contribution is 2.32. The van der Waals surface area contributed by atoms with Crippen LogP contribution in [0.2, 0.25) is 0 Å². The van der Waals surface area contributed by atoms with Crippen molar-refractivity contribution in [3.8, 4) is 5.75 Å². The SMILES string of the molecule is COc1ccc(/C=C2/SC(=S)N(CC(=O)OCCN3C(=O)CSC3=S)C2=O)cc1. The molecule has 11 heteroatoms. The minimum atomic E-state index is -0.600. The van der Waals surface area contributed by atoms with Gasteiger partial charge in [0.15, 0.2) is 0 Å². The zero-order valence-electron chi connectivity index (χ0n) is 15.3. The Kier molecular flexibility index (Phi) is 7.28. The fourth-order valence-electron chi connectivity index (χ4n) is 2.51. The molecule has 0 N–H and O–H groups in total. The summed E-state index contributed by atoms with van der Waals surface area (Å²) in [6.07, 6.45) is 1.71. The number of rotatable bonds is 7. The molecule has 2 saturated heterocycles. The number of thioether (sulfide) groups is 2. The first-order chi connectivity index (χ1) is 13.9. The topological polar surface area (TPSA) is 76.2 Å². The van der Waals surface area contributed by atoms with Gasteiger partial charge in [-0.25, -0.2) is 0 Å². The van der Waals surface area contributed by atoms with Crippen molar-refractivity contribution in [2.75, 3.05) is 32.6 Å². The molecule has 29 heavy (non-hydrogen) atoms. The number of nitrogens with zero attached hydrogens (tertiary/aromatic N) is 2. The smallest absolute Gasteiger partial charge is 0.326 e. The lowest BCUT2D eigenvalue weighted by Gasteiger charge is -2.16. The Bertz CT molecular complexity index is 884. The second-order valence-electron chi connectivity index (χ2n) is 5.86. The quantitative estimate of drug-likeness (QED) is 0.340. The van der Waals surface area contributed by atoms with Crippen LogP contribution < -0.4 is 4.74 Å². The Hall–Kier alpha value is -1.95. The number of thiocarbonyl (C=S) groups is 2. The summed E-state index contributed by atoms with van der Waals surface area (Å²) in [5.74, 6) is -0.0227. The third-order valence-electron chi connectivity index (χ3n) is 3.99. The van der Waals surface area contributed by atoms with Gasteiger partial charge in [0.1, 0.15) is 27.5 Å². The molecule has 2 aliphatic rings. The third kappa shape index (κ3) is 5.35. The maximum Gasteiger partial charge on any atom is 0.326 e. The zero-order valence-corrected chi connectivity index (χ0v) is 18.5. The average molecular weight is 469 g/mol. The Balaban J connectivity index is 1.53. The van der Waals surface area contributed by atoms with Crippen molar-refractivity contribution in [3.63, 3.8) is 0 Å². The molecule has 7 nitrogen and oxygen atoms in total. The molecule has 2 aliphatic heterocycles. The lowest BCUT2D eigenvalue weighted by atomic mass is 10.2. The first-order valence-electron chi connectivity index (χ1n) is 8.41. The minimum absolute atomic E-state index is 0.00174. The van der Waals surface area contributed by atoms with Gasteiger partial charge in [-0.15, -0.1) is 0 Å². The summed E-state index contributed by atoms with van der Waals surface area (Å²) in [4.78, 5) is 39.4. The number of ether oxygens (including phenoxy) is 2. The van der Waals surface area contributed by atoms with Crippen molar-refractivity contribution in [2.24, 2.45) is 0 Å². The lowest BCUT2D eigenvalue weighted by molar-refractivity contribution is -0.146. The maximum absolute atomic E-state index is 12.6.